The van der Waals surface area contributed by atoms with Crippen LogP contribution >= 0.6 is 12.2 Å². The van der Waals surface area contributed by atoms with E-state index in [1.54, 1.807) is 6.92 Å². The molecule has 17 heavy (non-hydrogen) atoms. The van der Waals surface area contributed by atoms with Crippen molar-refractivity contribution in [3.63, 3.8) is 0 Å². The largest absolute Gasteiger partial charge is 0.449 e. The van der Waals surface area contributed by atoms with E-state index in [-0.39, 0.29) is 0 Å². The number of hydrogen-bond donors (Lipinski definition) is 3. The van der Waals surface area contributed by atoms with E-state index < -0.39 is 6.09 Å². The zero-order chi connectivity index (χ0) is 12.3. The first kappa shape index (κ1) is 12.2. The van der Waals surface area contributed by atoms with Crippen molar-refractivity contribution < 1.29 is 9.53 Å². The SMILES string of the molecule is CCOC(=O)NNC(=S)N[C@@H]1C[C@@H]2C=C[C@H]1C2. The second-order valence-electron chi connectivity index (χ2n) is 4.33. The Bertz CT molecular complexity index is 346. The Morgan fingerprint density at radius 1 is 1.41 bits per heavy atom. The molecule has 1 fully saturated rings. The van der Waals surface area contributed by atoms with Crippen LogP contribution in [0.15, 0.2) is 12.2 Å². The van der Waals surface area contributed by atoms with Crippen LogP contribution in [0.5, 0.6) is 0 Å². The van der Waals surface area contributed by atoms with Gasteiger partial charge in [0.2, 0.25) is 0 Å². The summed E-state index contributed by atoms with van der Waals surface area (Å²) in [7, 11) is 0. The molecule has 0 aromatic rings. The van der Waals surface area contributed by atoms with Crippen LogP contribution in [0.1, 0.15) is 19.8 Å². The Morgan fingerprint density at radius 3 is 2.82 bits per heavy atom. The summed E-state index contributed by atoms with van der Waals surface area (Å²) in [6, 6.07) is 0.383. The maximum absolute atomic E-state index is 11.0. The van der Waals surface area contributed by atoms with Gasteiger partial charge in [-0.05, 0) is 43.8 Å². The van der Waals surface area contributed by atoms with Gasteiger partial charge < -0.3 is 10.1 Å². The van der Waals surface area contributed by atoms with E-state index in [4.69, 9.17) is 17.0 Å². The van der Waals surface area contributed by atoms with Crippen molar-refractivity contribution in [3.05, 3.63) is 12.2 Å². The fourth-order valence-electron chi connectivity index (χ4n) is 2.43. The third-order valence-corrected chi connectivity index (χ3v) is 3.37. The summed E-state index contributed by atoms with van der Waals surface area (Å²) in [6.45, 7) is 2.09. The zero-order valence-electron chi connectivity index (χ0n) is 9.73. The van der Waals surface area contributed by atoms with E-state index in [1.807, 2.05) is 0 Å². The number of amides is 1. The van der Waals surface area contributed by atoms with Crippen molar-refractivity contribution >= 4 is 23.4 Å². The van der Waals surface area contributed by atoms with Crippen molar-refractivity contribution in [1.29, 1.82) is 0 Å². The molecule has 0 spiro atoms. The van der Waals surface area contributed by atoms with E-state index in [9.17, 15) is 4.79 Å². The highest BCUT2D eigenvalue weighted by atomic mass is 32.1. The first-order chi connectivity index (χ1) is 8.19. The average Bonchev–Trinajstić information content (AvgIpc) is 2.88. The molecule has 3 atom stereocenters. The van der Waals surface area contributed by atoms with E-state index >= 15 is 0 Å². The Labute approximate surface area is 106 Å². The minimum absolute atomic E-state index is 0.338. The quantitative estimate of drug-likeness (QED) is 0.391. The average molecular weight is 255 g/mol. The summed E-state index contributed by atoms with van der Waals surface area (Å²) in [6.07, 6.45) is 6.32. The summed E-state index contributed by atoms with van der Waals surface area (Å²) in [5.41, 5.74) is 4.99. The predicted molar refractivity (Wildman–Crippen MR) is 68.2 cm³/mol. The van der Waals surface area contributed by atoms with Crippen LogP contribution in [0.3, 0.4) is 0 Å². The molecule has 1 saturated carbocycles. The lowest BCUT2D eigenvalue weighted by Crippen LogP contribution is -2.50. The molecule has 0 radical (unpaired) electrons. The van der Waals surface area contributed by atoms with Crippen molar-refractivity contribution in [2.45, 2.75) is 25.8 Å². The third-order valence-electron chi connectivity index (χ3n) is 3.15. The Morgan fingerprint density at radius 2 is 2.24 bits per heavy atom. The van der Waals surface area contributed by atoms with Gasteiger partial charge >= 0.3 is 6.09 Å². The molecule has 1 amide bonds. The highest BCUT2D eigenvalue weighted by Crippen LogP contribution is 2.38. The molecule has 94 valence electrons. The zero-order valence-corrected chi connectivity index (χ0v) is 10.5. The molecule has 0 aromatic heterocycles. The molecule has 0 aliphatic heterocycles. The van der Waals surface area contributed by atoms with E-state index in [2.05, 4.69) is 28.3 Å². The second kappa shape index (κ2) is 5.35. The number of thiocarbonyl (C=S) groups is 1. The smallest absolute Gasteiger partial charge is 0.425 e. The predicted octanol–water partition coefficient (Wildman–Crippen LogP) is 1.08. The molecule has 5 nitrogen and oxygen atoms in total. The lowest BCUT2D eigenvalue weighted by Gasteiger charge is -2.21. The minimum atomic E-state index is -0.524. The molecule has 6 heteroatoms. The number of ether oxygens (including phenoxy) is 1. The molecule has 3 N–H and O–H groups in total. The van der Waals surface area contributed by atoms with Crippen molar-refractivity contribution in [2.24, 2.45) is 11.8 Å². The van der Waals surface area contributed by atoms with Crippen LogP contribution in [-0.2, 0) is 4.74 Å². The first-order valence-electron chi connectivity index (χ1n) is 5.86. The Kier molecular flexibility index (Phi) is 3.83. The van der Waals surface area contributed by atoms with Gasteiger partial charge in [-0.15, -0.1) is 0 Å². The molecule has 0 saturated heterocycles. The summed E-state index contributed by atoms with van der Waals surface area (Å²) in [5, 5.41) is 3.64. The molecule has 0 heterocycles. The summed E-state index contributed by atoms with van der Waals surface area (Å²) >= 11 is 5.09. The standard InChI is InChI=1S/C11H17N3O2S/c1-2-16-11(15)14-13-10(17)12-9-6-7-3-4-8(9)5-7/h3-4,7-9H,2,5-6H2,1H3,(H,14,15)(H2,12,13,17)/t7-,8+,9-/m1/s1. The highest BCUT2D eigenvalue weighted by molar-refractivity contribution is 7.80. The van der Waals surface area contributed by atoms with Gasteiger partial charge in [-0.3, -0.25) is 5.43 Å². The number of fused-ring (bicyclic) bond motifs is 2. The molecule has 2 aliphatic rings. The van der Waals surface area contributed by atoms with Gasteiger partial charge in [0.25, 0.3) is 0 Å². The Balaban J connectivity index is 1.68. The molecule has 0 aromatic carbocycles. The number of allylic oxidation sites excluding steroid dienone is 1. The van der Waals surface area contributed by atoms with Crippen LogP contribution in [0.4, 0.5) is 4.79 Å². The highest BCUT2D eigenvalue weighted by Gasteiger charge is 2.35. The minimum Gasteiger partial charge on any atom is -0.449 e. The lowest BCUT2D eigenvalue weighted by molar-refractivity contribution is 0.150. The topological polar surface area (TPSA) is 62.4 Å². The van der Waals surface area contributed by atoms with Crippen LogP contribution in [0, 0.1) is 11.8 Å². The number of carbonyl (C=O) groups is 1. The first-order valence-corrected chi connectivity index (χ1v) is 6.27. The van der Waals surface area contributed by atoms with Crippen LogP contribution in [-0.4, -0.2) is 23.9 Å². The molecule has 2 bridgehead atoms. The van der Waals surface area contributed by atoms with Crippen LogP contribution in [0.25, 0.3) is 0 Å². The molecular weight excluding hydrogens is 238 g/mol. The second-order valence-corrected chi connectivity index (χ2v) is 4.74. The van der Waals surface area contributed by atoms with Gasteiger partial charge in [0.05, 0.1) is 6.61 Å². The summed E-state index contributed by atoms with van der Waals surface area (Å²) in [4.78, 5) is 11.0. The summed E-state index contributed by atoms with van der Waals surface area (Å²) in [5.74, 6) is 1.26. The van der Waals surface area contributed by atoms with Crippen LogP contribution in [0.2, 0.25) is 0 Å². The van der Waals surface area contributed by atoms with E-state index in [0.717, 1.165) is 6.42 Å². The van der Waals surface area contributed by atoms with E-state index in [1.165, 1.54) is 6.42 Å². The number of rotatable bonds is 2. The fourth-order valence-corrected chi connectivity index (χ4v) is 2.63. The molecule has 2 rings (SSSR count). The fraction of sp³-hybridized carbons (Fsp3) is 0.636. The molecule has 0 unspecified atom stereocenters. The van der Waals surface area contributed by atoms with Gasteiger partial charge in [0, 0.05) is 6.04 Å². The Hall–Kier alpha value is -1.30. The molecular formula is C11H17N3O2S. The van der Waals surface area contributed by atoms with Gasteiger partial charge in [-0.1, -0.05) is 12.2 Å². The maximum Gasteiger partial charge on any atom is 0.425 e. The van der Waals surface area contributed by atoms with Gasteiger partial charge in [0.15, 0.2) is 5.11 Å². The van der Waals surface area contributed by atoms with Crippen LogP contribution < -0.4 is 16.2 Å². The number of hydrogen-bond acceptors (Lipinski definition) is 3. The monoisotopic (exact) mass is 255 g/mol. The van der Waals surface area contributed by atoms with Crippen molar-refractivity contribution in [2.75, 3.05) is 6.61 Å². The van der Waals surface area contributed by atoms with E-state index in [0.29, 0.717) is 29.6 Å². The number of hydrazine groups is 1. The summed E-state index contributed by atoms with van der Waals surface area (Å²) < 4.78 is 4.70. The third kappa shape index (κ3) is 3.09. The molecule has 2 aliphatic carbocycles. The van der Waals surface area contributed by atoms with Crippen molar-refractivity contribution in [3.8, 4) is 0 Å². The van der Waals surface area contributed by atoms with Gasteiger partial charge in [-0.25, -0.2) is 10.2 Å². The normalized spacial score (nSPS) is 28.9. The van der Waals surface area contributed by atoms with Crippen molar-refractivity contribution in [1.82, 2.24) is 16.2 Å². The number of nitrogens with one attached hydrogen (secondary N) is 3. The number of carbonyl (C=O) groups excluding carboxylic acids is 1. The van der Waals surface area contributed by atoms with Gasteiger partial charge in [0.1, 0.15) is 0 Å². The van der Waals surface area contributed by atoms with Gasteiger partial charge in [-0.2, -0.15) is 0 Å². The maximum atomic E-state index is 11.0. The lowest BCUT2D eigenvalue weighted by atomic mass is 10.0.